The second-order valence-electron chi connectivity index (χ2n) is 8.92. The minimum absolute atomic E-state index is 0.0881. The van der Waals surface area contributed by atoms with E-state index >= 15 is 0 Å². The van der Waals surface area contributed by atoms with Crippen LogP contribution in [0.5, 0.6) is 0 Å². The van der Waals surface area contributed by atoms with Crippen molar-refractivity contribution in [3.8, 4) is 0 Å². The number of anilines is 1. The number of aryl methyl sites for hydroxylation is 2. The van der Waals surface area contributed by atoms with E-state index in [0.717, 1.165) is 36.2 Å². The number of rotatable bonds is 13. The van der Waals surface area contributed by atoms with Crippen LogP contribution in [0, 0.1) is 0 Å². The molecular formula is C27H34N4O6. The number of nitrogens with one attached hydrogen (secondary N) is 4. The molecule has 198 valence electrons. The number of amides is 3. The van der Waals surface area contributed by atoms with Gasteiger partial charge in [0.15, 0.2) is 0 Å². The molecule has 3 amide bonds. The monoisotopic (exact) mass is 510 g/mol. The molecule has 2 aromatic carbocycles. The number of carboxylic acids is 1. The third-order valence-electron chi connectivity index (χ3n) is 6.10. The van der Waals surface area contributed by atoms with Gasteiger partial charge in [-0.05, 0) is 36.0 Å². The van der Waals surface area contributed by atoms with E-state index in [9.17, 15) is 24.3 Å². The van der Waals surface area contributed by atoms with Crippen LogP contribution in [0.25, 0.3) is 0 Å². The zero-order chi connectivity index (χ0) is 26.6. The van der Waals surface area contributed by atoms with Gasteiger partial charge in [-0.2, -0.15) is 0 Å². The molecule has 1 heterocycles. The molecule has 0 spiro atoms. The van der Waals surface area contributed by atoms with Gasteiger partial charge in [0.2, 0.25) is 17.7 Å². The smallest absolute Gasteiger partial charge is 0.305 e. The quantitative estimate of drug-likeness (QED) is 0.274. The highest BCUT2D eigenvalue weighted by molar-refractivity contribution is 5.94. The third-order valence-corrected chi connectivity index (χ3v) is 6.10. The molecule has 10 heteroatoms. The van der Waals surface area contributed by atoms with E-state index < -0.39 is 42.2 Å². The molecule has 0 saturated heterocycles. The summed E-state index contributed by atoms with van der Waals surface area (Å²) in [6.07, 6.45) is 1.93. The number of carbonyl (C=O) groups is 4. The molecule has 0 saturated carbocycles. The number of hydrogen-bond acceptors (Lipinski definition) is 6. The van der Waals surface area contributed by atoms with Gasteiger partial charge >= 0.3 is 5.97 Å². The average Bonchev–Trinajstić information content (AvgIpc) is 2.90. The van der Waals surface area contributed by atoms with Gasteiger partial charge in [-0.3, -0.25) is 19.2 Å². The van der Waals surface area contributed by atoms with Crippen LogP contribution in [-0.2, 0) is 43.3 Å². The third kappa shape index (κ3) is 8.60. The van der Waals surface area contributed by atoms with Crippen molar-refractivity contribution in [1.82, 2.24) is 16.0 Å². The Bertz CT molecular complexity index is 1090. The van der Waals surface area contributed by atoms with Crippen molar-refractivity contribution in [3.05, 3.63) is 65.2 Å². The Morgan fingerprint density at radius 3 is 2.51 bits per heavy atom. The lowest BCUT2D eigenvalue weighted by Crippen LogP contribution is -2.55. The number of fused-ring (bicyclic) bond motifs is 1. The standard InChI is InChI=1S/C27H34N4O6/c1-37-17-22(26(35)29-16-20-10-5-9-19-11-6-14-28-25(19)20)31-27(36)21(15-24(33)34)30-23(32)13-12-18-7-3-2-4-8-18/h2-5,7-10,21-22,28H,6,11-17H2,1H3,(H,29,35)(H,30,32)(H,31,36)(H,33,34). The first kappa shape index (κ1) is 27.7. The van der Waals surface area contributed by atoms with E-state index in [1.165, 1.54) is 12.7 Å². The van der Waals surface area contributed by atoms with E-state index in [1.54, 1.807) is 0 Å². The van der Waals surface area contributed by atoms with E-state index in [0.29, 0.717) is 6.42 Å². The highest BCUT2D eigenvalue weighted by atomic mass is 16.5. The van der Waals surface area contributed by atoms with Crippen molar-refractivity contribution < 1.29 is 29.0 Å². The maximum atomic E-state index is 12.9. The molecule has 2 atom stereocenters. The number of carboxylic acid groups (broad SMARTS) is 1. The molecule has 2 aromatic rings. The van der Waals surface area contributed by atoms with Crippen LogP contribution < -0.4 is 21.3 Å². The molecule has 37 heavy (non-hydrogen) atoms. The Morgan fingerprint density at radius 2 is 1.78 bits per heavy atom. The fourth-order valence-corrected chi connectivity index (χ4v) is 4.21. The van der Waals surface area contributed by atoms with Crippen LogP contribution in [0.3, 0.4) is 0 Å². The zero-order valence-corrected chi connectivity index (χ0v) is 20.9. The molecule has 0 aliphatic carbocycles. The molecule has 0 fully saturated rings. The average molecular weight is 511 g/mol. The summed E-state index contributed by atoms with van der Waals surface area (Å²) in [5.41, 5.74) is 4.09. The van der Waals surface area contributed by atoms with Crippen molar-refractivity contribution >= 4 is 29.4 Å². The summed E-state index contributed by atoms with van der Waals surface area (Å²) in [6.45, 7) is 0.993. The Labute approximate surface area is 216 Å². The van der Waals surface area contributed by atoms with Gasteiger partial charge in [0, 0.05) is 32.3 Å². The molecule has 10 nitrogen and oxygen atoms in total. The number of para-hydroxylation sites is 1. The Hall–Kier alpha value is -3.92. The van der Waals surface area contributed by atoms with Crippen molar-refractivity contribution in [2.45, 2.75) is 50.7 Å². The zero-order valence-electron chi connectivity index (χ0n) is 20.9. The Morgan fingerprint density at radius 1 is 1.00 bits per heavy atom. The lowest BCUT2D eigenvalue weighted by atomic mass is 9.99. The summed E-state index contributed by atoms with van der Waals surface area (Å²) in [6, 6.07) is 12.9. The second kappa shape index (κ2) is 14.0. The molecule has 0 aromatic heterocycles. The van der Waals surface area contributed by atoms with Gasteiger partial charge in [0.25, 0.3) is 0 Å². The SMILES string of the molecule is COCC(NC(=O)C(CC(=O)O)NC(=O)CCc1ccccc1)C(=O)NCc1cccc2c1NCCC2. The number of ether oxygens (including phenoxy) is 1. The largest absolute Gasteiger partial charge is 0.481 e. The van der Waals surface area contributed by atoms with Crippen LogP contribution in [0.15, 0.2) is 48.5 Å². The number of methoxy groups -OCH3 is 1. The summed E-state index contributed by atoms with van der Waals surface area (Å²) in [5, 5.41) is 20.5. The summed E-state index contributed by atoms with van der Waals surface area (Å²) >= 11 is 0. The molecular weight excluding hydrogens is 476 g/mol. The van der Waals surface area contributed by atoms with E-state index in [-0.39, 0.29) is 19.6 Å². The van der Waals surface area contributed by atoms with Crippen molar-refractivity contribution in [1.29, 1.82) is 0 Å². The van der Waals surface area contributed by atoms with E-state index in [2.05, 4.69) is 27.3 Å². The van der Waals surface area contributed by atoms with Gasteiger partial charge in [-0.15, -0.1) is 0 Å². The molecule has 5 N–H and O–H groups in total. The first-order chi connectivity index (χ1) is 17.9. The Balaban J connectivity index is 1.59. The summed E-state index contributed by atoms with van der Waals surface area (Å²) < 4.78 is 5.11. The molecule has 3 rings (SSSR count). The first-order valence-corrected chi connectivity index (χ1v) is 12.3. The van der Waals surface area contributed by atoms with Crippen LogP contribution in [0.2, 0.25) is 0 Å². The molecule has 0 bridgehead atoms. The number of hydrogen-bond donors (Lipinski definition) is 5. The topological polar surface area (TPSA) is 146 Å². The van der Waals surface area contributed by atoms with E-state index in [1.807, 2.05) is 42.5 Å². The number of aliphatic carboxylic acids is 1. The number of benzene rings is 2. The minimum atomic E-state index is -1.33. The highest BCUT2D eigenvalue weighted by Gasteiger charge is 2.28. The summed E-state index contributed by atoms with van der Waals surface area (Å²) in [7, 11) is 1.39. The lowest BCUT2D eigenvalue weighted by Gasteiger charge is -2.23. The second-order valence-corrected chi connectivity index (χ2v) is 8.92. The van der Waals surface area contributed by atoms with Crippen LogP contribution in [0.1, 0.15) is 36.0 Å². The first-order valence-electron chi connectivity index (χ1n) is 12.3. The summed E-state index contributed by atoms with van der Waals surface area (Å²) in [4.78, 5) is 49.6. The summed E-state index contributed by atoms with van der Waals surface area (Å²) in [5.74, 6) is -2.96. The fraction of sp³-hybridized carbons (Fsp3) is 0.407. The molecule has 1 aliphatic heterocycles. The maximum absolute atomic E-state index is 12.9. The van der Waals surface area contributed by atoms with Crippen LogP contribution >= 0.6 is 0 Å². The maximum Gasteiger partial charge on any atom is 0.305 e. The van der Waals surface area contributed by atoms with Crippen molar-refractivity contribution in [2.75, 3.05) is 25.6 Å². The minimum Gasteiger partial charge on any atom is -0.481 e. The van der Waals surface area contributed by atoms with E-state index in [4.69, 9.17) is 4.74 Å². The number of carbonyl (C=O) groups excluding carboxylic acids is 3. The molecule has 0 radical (unpaired) electrons. The predicted octanol–water partition coefficient (Wildman–Crippen LogP) is 1.38. The van der Waals surface area contributed by atoms with Gasteiger partial charge in [0.05, 0.1) is 13.0 Å². The van der Waals surface area contributed by atoms with Gasteiger partial charge in [-0.1, -0.05) is 48.5 Å². The lowest BCUT2D eigenvalue weighted by molar-refractivity contribution is -0.141. The fourth-order valence-electron chi connectivity index (χ4n) is 4.21. The molecule has 1 aliphatic rings. The Kier molecular flexibility index (Phi) is 10.5. The van der Waals surface area contributed by atoms with Crippen LogP contribution in [-0.4, -0.2) is 61.1 Å². The van der Waals surface area contributed by atoms with Gasteiger partial charge in [0.1, 0.15) is 12.1 Å². The predicted molar refractivity (Wildman–Crippen MR) is 138 cm³/mol. The highest BCUT2D eigenvalue weighted by Crippen LogP contribution is 2.25. The molecule has 2 unspecified atom stereocenters. The van der Waals surface area contributed by atoms with Gasteiger partial charge < -0.3 is 31.1 Å². The van der Waals surface area contributed by atoms with Gasteiger partial charge in [-0.25, -0.2) is 0 Å². The van der Waals surface area contributed by atoms with Crippen LogP contribution in [0.4, 0.5) is 5.69 Å². The van der Waals surface area contributed by atoms with Crippen molar-refractivity contribution in [2.24, 2.45) is 0 Å². The normalized spacial score (nSPS) is 13.9. The van der Waals surface area contributed by atoms with Crippen molar-refractivity contribution in [3.63, 3.8) is 0 Å².